The van der Waals surface area contributed by atoms with E-state index in [0.717, 1.165) is 29.7 Å². The lowest BCUT2D eigenvalue weighted by Crippen LogP contribution is -2.10. The first-order valence-electron chi connectivity index (χ1n) is 9.59. The molecule has 0 bridgehead atoms. The highest BCUT2D eigenvalue weighted by atomic mass is 35.5. The van der Waals surface area contributed by atoms with Crippen LogP contribution < -0.4 is 0 Å². The standard InChI is InChI=1S/C20H20ClN2OS3.C2H6/c21-9-5-11-27(24)14-26-20-17(13-22)16(15-6-2-1-3-7-15)12-18(23-20)19-8-4-10-25-19;1-2/h1-4,6-7,10,12,19,24H,5,8-9,11,14H2;1-2H3/q+1;. The second kappa shape index (κ2) is 13.3. The zero-order valence-corrected chi connectivity index (χ0v) is 19.9. The molecular formula is C22H26ClN2OS3+. The molecule has 0 saturated heterocycles. The van der Waals surface area contributed by atoms with Crippen LogP contribution in [0, 0.1) is 11.3 Å². The molecule has 0 saturated carbocycles. The number of pyridine rings is 1. The third kappa shape index (κ3) is 6.97. The molecule has 1 aliphatic rings. The fraction of sp³-hybridized carbons (Fsp3) is 0.364. The number of allylic oxidation sites excluding steroid dienone is 1. The Balaban J connectivity index is 0.00000145. The van der Waals surface area contributed by atoms with E-state index in [1.807, 2.05) is 44.2 Å². The van der Waals surface area contributed by atoms with Crippen molar-refractivity contribution in [2.45, 2.75) is 37.0 Å². The Bertz CT molecular complexity index is 832. The van der Waals surface area contributed by atoms with Gasteiger partial charge in [-0.15, -0.1) is 23.4 Å². The first-order valence-corrected chi connectivity index (χ1v) is 13.6. The Morgan fingerprint density at radius 1 is 1.34 bits per heavy atom. The summed E-state index contributed by atoms with van der Waals surface area (Å²) in [5, 5.41) is 13.5. The Morgan fingerprint density at radius 2 is 2.10 bits per heavy atom. The van der Waals surface area contributed by atoms with Gasteiger partial charge in [0.25, 0.3) is 0 Å². The molecule has 1 aromatic carbocycles. The monoisotopic (exact) mass is 465 g/mol. The van der Waals surface area contributed by atoms with Crippen molar-refractivity contribution in [3.63, 3.8) is 0 Å². The predicted octanol–water partition coefficient (Wildman–Crippen LogP) is 7.11. The largest absolute Gasteiger partial charge is 0.244 e. The lowest BCUT2D eigenvalue weighted by Gasteiger charge is -2.15. The summed E-state index contributed by atoms with van der Waals surface area (Å²) in [5.74, 6) is 1.24. The van der Waals surface area contributed by atoms with E-state index in [-0.39, 0.29) is 5.25 Å². The molecule has 154 valence electrons. The molecule has 29 heavy (non-hydrogen) atoms. The molecule has 0 radical (unpaired) electrons. The zero-order valence-electron chi connectivity index (χ0n) is 16.7. The SMILES string of the molecule is CC.N#Cc1c(-c2ccccc2)cc(C2CC=CS2)nc1SC[S+](O)CCCCl. The number of benzene rings is 1. The molecule has 3 rings (SSSR count). The van der Waals surface area contributed by atoms with E-state index in [2.05, 4.69) is 23.6 Å². The number of halogens is 1. The minimum atomic E-state index is -0.729. The number of hydrogen-bond acceptors (Lipinski definition) is 5. The van der Waals surface area contributed by atoms with Crippen LogP contribution in [0.3, 0.4) is 0 Å². The number of alkyl halides is 1. The van der Waals surface area contributed by atoms with E-state index in [4.69, 9.17) is 16.6 Å². The normalized spacial score (nSPS) is 16.0. The van der Waals surface area contributed by atoms with Crippen LogP contribution in [0.2, 0.25) is 0 Å². The van der Waals surface area contributed by atoms with Gasteiger partial charge in [-0.2, -0.15) is 9.81 Å². The highest BCUT2D eigenvalue weighted by Gasteiger charge is 2.23. The van der Waals surface area contributed by atoms with Crippen molar-refractivity contribution in [2.24, 2.45) is 0 Å². The molecule has 2 aromatic rings. The summed E-state index contributed by atoms with van der Waals surface area (Å²) in [6.45, 7) is 4.00. The van der Waals surface area contributed by atoms with Gasteiger partial charge >= 0.3 is 0 Å². The van der Waals surface area contributed by atoms with Gasteiger partial charge in [0.2, 0.25) is 0 Å². The smallest absolute Gasteiger partial charge is 0.192 e. The second-order valence-electron chi connectivity index (χ2n) is 5.96. The van der Waals surface area contributed by atoms with Gasteiger partial charge in [0.15, 0.2) is 16.3 Å². The minimum Gasteiger partial charge on any atom is -0.244 e. The Hall–Kier alpha value is -1.10. The highest BCUT2D eigenvalue weighted by Crippen LogP contribution is 2.41. The van der Waals surface area contributed by atoms with Crippen LogP contribution in [0.4, 0.5) is 0 Å². The summed E-state index contributed by atoms with van der Waals surface area (Å²) in [7, 11) is 0. The molecular weight excluding hydrogens is 440 g/mol. The highest BCUT2D eigenvalue weighted by molar-refractivity contribution is 8.12. The maximum absolute atomic E-state index is 10.2. The van der Waals surface area contributed by atoms with Gasteiger partial charge in [0.1, 0.15) is 16.8 Å². The Morgan fingerprint density at radius 3 is 2.72 bits per heavy atom. The predicted molar refractivity (Wildman–Crippen MR) is 131 cm³/mol. The summed E-state index contributed by atoms with van der Waals surface area (Å²) in [5.41, 5.74) is 3.50. The van der Waals surface area contributed by atoms with Crippen LogP contribution >= 0.6 is 35.1 Å². The van der Waals surface area contributed by atoms with Gasteiger partial charge in [0, 0.05) is 17.9 Å². The van der Waals surface area contributed by atoms with Crippen molar-refractivity contribution in [1.82, 2.24) is 4.98 Å². The Kier molecular flexibility index (Phi) is 11.0. The number of nitriles is 1. The van der Waals surface area contributed by atoms with Crippen LogP contribution in [0.5, 0.6) is 0 Å². The molecule has 1 aliphatic heterocycles. The maximum Gasteiger partial charge on any atom is 0.192 e. The van der Waals surface area contributed by atoms with E-state index >= 15 is 0 Å². The summed E-state index contributed by atoms with van der Waals surface area (Å²) in [4.78, 5) is 4.81. The maximum atomic E-state index is 10.2. The molecule has 0 fully saturated rings. The van der Waals surface area contributed by atoms with E-state index < -0.39 is 11.2 Å². The summed E-state index contributed by atoms with van der Waals surface area (Å²) in [6, 6.07) is 14.4. The number of thioether (sulfide) groups is 2. The van der Waals surface area contributed by atoms with Crippen molar-refractivity contribution in [1.29, 1.82) is 5.26 Å². The van der Waals surface area contributed by atoms with Crippen LogP contribution in [0.25, 0.3) is 11.1 Å². The van der Waals surface area contributed by atoms with Crippen molar-refractivity contribution in [3.8, 4) is 17.2 Å². The molecule has 1 N–H and O–H groups in total. The van der Waals surface area contributed by atoms with Crippen molar-refractivity contribution in [3.05, 3.63) is 59.1 Å². The number of hydrogen-bond donors (Lipinski definition) is 1. The molecule has 7 heteroatoms. The van der Waals surface area contributed by atoms with Crippen molar-refractivity contribution >= 4 is 46.3 Å². The van der Waals surface area contributed by atoms with E-state index in [1.54, 1.807) is 11.8 Å². The lowest BCUT2D eigenvalue weighted by atomic mass is 10.00. The average molecular weight is 466 g/mol. The molecule has 2 atom stereocenters. The van der Waals surface area contributed by atoms with Crippen LogP contribution in [0.15, 0.2) is 52.9 Å². The second-order valence-corrected chi connectivity index (χ2v) is 10.4. The fourth-order valence-electron chi connectivity index (χ4n) is 2.74. The lowest BCUT2D eigenvalue weighted by molar-refractivity contribution is 0.642. The fourth-order valence-corrected chi connectivity index (χ4v) is 6.34. The van der Waals surface area contributed by atoms with Gasteiger partial charge in [0.05, 0.1) is 16.5 Å². The summed E-state index contributed by atoms with van der Waals surface area (Å²) in [6.07, 6.45) is 3.89. The van der Waals surface area contributed by atoms with E-state index in [9.17, 15) is 9.81 Å². The van der Waals surface area contributed by atoms with Crippen molar-refractivity contribution < 1.29 is 4.55 Å². The molecule has 0 aliphatic carbocycles. The van der Waals surface area contributed by atoms with E-state index in [1.165, 1.54) is 11.8 Å². The number of aromatic nitrogens is 1. The van der Waals surface area contributed by atoms with Gasteiger partial charge < -0.3 is 0 Å². The van der Waals surface area contributed by atoms with Crippen LogP contribution in [0.1, 0.15) is 43.2 Å². The molecule has 3 nitrogen and oxygen atoms in total. The van der Waals surface area contributed by atoms with Gasteiger partial charge in [-0.05, 0) is 35.2 Å². The van der Waals surface area contributed by atoms with Gasteiger partial charge in [-0.25, -0.2) is 4.98 Å². The van der Waals surface area contributed by atoms with Crippen molar-refractivity contribution in [2.75, 3.05) is 16.7 Å². The molecule has 2 unspecified atom stereocenters. The first kappa shape index (κ1) is 24.2. The zero-order chi connectivity index (χ0) is 21.1. The third-order valence-corrected chi connectivity index (χ3v) is 8.33. The topological polar surface area (TPSA) is 56.9 Å². The number of nitrogens with zero attached hydrogens (tertiary/aromatic N) is 2. The van der Waals surface area contributed by atoms with Crippen LogP contribution in [-0.4, -0.2) is 26.3 Å². The van der Waals surface area contributed by atoms with Gasteiger partial charge in [-0.3, -0.25) is 0 Å². The minimum absolute atomic E-state index is 0.281. The third-order valence-electron chi connectivity index (χ3n) is 4.07. The molecule has 2 heterocycles. The van der Waals surface area contributed by atoms with E-state index in [0.29, 0.717) is 27.3 Å². The number of rotatable bonds is 8. The summed E-state index contributed by atoms with van der Waals surface area (Å²) >= 11 is 8.21. The first-order chi connectivity index (χ1) is 14.2. The average Bonchev–Trinajstić information content (AvgIpc) is 3.32. The quantitative estimate of drug-likeness (QED) is 0.255. The van der Waals surface area contributed by atoms with Crippen LogP contribution in [-0.2, 0) is 11.2 Å². The molecule has 0 spiro atoms. The van der Waals surface area contributed by atoms with Gasteiger partial charge in [-0.1, -0.05) is 50.3 Å². The molecule has 1 aromatic heterocycles. The summed E-state index contributed by atoms with van der Waals surface area (Å²) < 4.78 is 10.2. The Labute approximate surface area is 190 Å². The molecule has 0 amide bonds.